The van der Waals surface area contributed by atoms with E-state index in [-0.39, 0.29) is 0 Å². The quantitative estimate of drug-likeness (QED) is 0.823. The number of nitrogens with zero attached hydrogens (tertiary/aromatic N) is 2. The molecule has 1 saturated heterocycles. The minimum Gasteiger partial charge on any atom is -0.266 e. The minimum atomic E-state index is 0.459. The highest BCUT2D eigenvalue weighted by Crippen LogP contribution is 2.36. The Bertz CT molecular complexity index is 329. The molecule has 2 nitrogen and oxygen atoms in total. The summed E-state index contributed by atoms with van der Waals surface area (Å²) in [5, 5.41) is 4.45. The number of halogens is 1. The molecule has 2 heterocycles. The lowest BCUT2D eigenvalue weighted by molar-refractivity contribution is 0.471. The van der Waals surface area contributed by atoms with Gasteiger partial charge in [-0.1, -0.05) is 0 Å². The highest BCUT2D eigenvalue weighted by molar-refractivity contribution is 9.10. The summed E-state index contributed by atoms with van der Waals surface area (Å²) >= 11 is 5.70. The van der Waals surface area contributed by atoms with E-state index in [0.717, 1.165) is 0 Å². The summed E-state index contributed by atoms with van der Waals surface area (Å²) in [4.78, 5) is 0. The molecule has 0 amide bonds. The van der Waals surface area contributed by atoms with Gasteiger partial charge < -0.3 is 0 Å². The molecule has 84 valence electrons. The summed E-state index contributed by atoms with van der Waals surface area (Å²) in [7, 11) is 0. The average Bonchev–Trinajstić information content (AvgIpc) is 2.61. The fourth-order valence-electron chi connectivity index (χ4n) is 2.12. The van der Waals surface area contributed by atoms with Crippen molar-refractivity contribution in [1.82, 2.24) is 9.78 Å². The van der Waals surface area contributed by atoms with Crippen LogP contribution in [0.25, 0.3) is 0 Å². The van der Waals surface area contributed by atoms with Crippen molar-refractivity contribution in [3.05, 3.63) is 16.4 Å². The van der Waals surface area contributed by atoms with E-state index in [1.54, 1.807) is 0 Å². The monoisotopic (exact) mass is 288 g/mol. The highest BCUT2D eigenvalue weighted by Gasteiger charge is 2.23. The molecule has 1 aliphatic heterocycles. The van der Waals surface area contributed by atoms with E-state index in [1.807, 2.05) is 6.20 Å². The molecular formula is C11H17BrN2S. The van der Waals surface area contributed by atoms with Gasteiger partial charge in [-0.05, 0) is 54.1 Å². The second-order valence-electron chi connectivity index (χ2n) is 4.30. The molecule has 0 unspecified atom stereocenters. The lowest BCUT2D eigenvalue weighted by atomic mass is 9.98. The largest absolute Gasteiger partial charge is 0.266 e. The van der Waals surface area contributed by atoms with Crippen LogP contribution in [0.3, 0.4) is 0 Å². The van der Waals surface area contributed by atoms with Gasteiger partial charge >= 0.3 is 0 Å². The van der Waals surface area contributed by atoms with Crippen molar-refractivity contribution in [1.29, 1.82) is 0 Å². The zero-order valence-electron chi connectivity index (χ0n) is 9.24. The van der Waals surface area contributed by atoms with Gasteiger partial charge in [0.1, 0.15) is 0 Å². The van der Waals surface area contributed by atoms with Gasteiger partial charge in [0.15, 0.2) is 0 Å². The predicted octanol–water partition coefficient (Wildman–Crippen LogP) is 3.84. The summed E-state index contributed by atoms with van der Waals surface area (Å²) in [5.74, 6) is 3.28. The predicted molar refractivity (Wildman–Crippen MR) is 69.6 cm³/mol. The Labute approximate surface area is 104 Å². The van der Waals surface area contributed by atoms with Crippen molar-refractivity contribution in [3.8, 4) is 0 Å². The van der Waals surface area contributed by atoms with Gasteiger partial charge in [-0.3, -0.25) is 4.68 Å². The maximum atomic E-state index is 4.45. The van der Waals surface area contributed by atoms with Crippen LogP contribution in [0.5, 0.6) is 0 Å². The van der Waals surface area contributed by atoms with E-state index in [4.69, 9.17) is 0 Å². The molecule has 0 aromatic carbocycles. The Balaban J connectivity index is 2.28. The van der Waals surface area contributed by atoms with Crippen molar-refractivity contribution < 1.29 is 0 Å². The summed E-state index contributed by atoms with van der Waals surface area (Å²) in [6.45, 7) is 4.39. The zero-order chi connectivity index (χ0) is 10.8. The smallest absolute Gasteiger partial charge is 0.0635 e. The van der Waals surface area contributed by atoms with E-state index in [9.17, 15) is 0 Å². The van der Waals surface area contributed by atoms with E-state index in [2.05, 4.69) is 51.3 Å². The normalized spacial score (nSPS) is 18.7. The zero-order valence-corrected chi connectivity index (χ0v) is 11.6. The van der Waals surface area contributed by atoms with Crippen LogP contribution < -0.4 is 0 Å². The molecule has 1 aliphatic rings. The molecule has 0 bridgehead atoms. The van der Waals surface area contributed by atoms with E-state index < -0.39 is 0 Å². The molecule has 0 saturated carbocycles. The first-order valence-corrected chi connectivity index (χ1v) is 7.45. The van der Waals surface area contributed by atoms with Gasteiger partial charge in [-0.15, -0.1) is 0 Å². The van der Waals surface area contributed by atoms with Crippen LogP contribution in [0.15, 0.2) is 10.7 Å². The minimum absolute atomic E-state index is 0.459. The van der Waals surface area contributed by atoms with Crippen LogP contribution in [0.1, 0.15) is 44.3 Å². The molecule has 0 N–H and O–H groups in total. The Hall–Kier alpha value is 0.0400. The third-order valence-corrected chi connectivity index (χ3v) is 4.54. The topological polar surface area (TPSA) is 17.8 Å². The Morgan fingerprint density at radius 1 is 1.47 bits per heavy atom. The van der Waals surface area contributed by atoms with E-state index in [0.29, 0.717) is 12.0 Å². The van der Waals surface area contributed by atoms with Crippen molar-refractivity contribution in [2.45, 2.75) is 38.6 Å². The first-order valence-electron chi connectivity index (χ1n) is 5.50. The van der Waals surface area contributed by atoms with Crippen molar-refractivity contribution in [2.24, 2.45) is 0 Å². The fraction of sp³-hybridized carbons (Fsp3) is 0.727. The molecule has 1 aromatic rings. The molecule has 0 aliphatic carbocycles. The number of thioether (sulfide) groups is 1. The van der Waals surface area contributed by atoms with Crippen LogP contribution in [0.4, 0.5) is 0 Å². The fourth-order valence-corrected chi connectivity index (χ4v) is 3.82. The van der Waals surface area contributed by atoms with E-state index >= 15 is 0 Å². The van der Waals surface area contributed by atoms with Crippen LogP contribution in [-0.4, -0.2) is 21.3 Å². The standard InChI is InChI=1S/C11H17BrN2S/c1-8(2)14-11(10(12)7-13-14)9-3-5-15-6-4-9/h7-9H,3-6H2,1-2H3. The van der Waals surface area contributed by atoms with Crippen LogP contribution in [-0.2, 0) is 0 Å². The lowest BCUT2D eigenvalue weighted by Crippen LogP contribution is -2.15. The second-order valence-corrected chi connectivity index (χ2v) is 6.38. The third kappa shape index (κ3) is 2.41. The molecule has 0 spiro atoms. The van der Waals surface area contributed by atoms with Crippen molar-refractivity contribution in [3.63, 3.8) is 0 Å². The van der Waals surface area contributed by atoms with Gasteiger partial charge in [0.2, 0.25) is 0 Å². The number of hydrogen-bond donors (Lipinski definition) is 0. The first kappa shape index (κ1) is 11.5. The summed E-state index contributed by atoms with van der Waals surface area (Å²) in [6, 6.07) is 0.459. The van der Waals surface area contributed by atoms with E-state index in [1.165, 1.54) is 34.5 Å². The molecule has 1 aromatic heterocycles. The summed E-state index contributed by atoms with van der Waals surface area (Å²) < 4.78 is 3.36. The summed E-state index contributed by atoms with van der Waals surface area (Å²) in [5.41, 5.74) is 1.41. The van der Waals surface area contributed by atoms with Gasteiger partial charge in [0, 0.05) is 12.0 Å². The molecule has 1 fully saturated rings. The molecular weight excluding hydrogens is 272 g/mol. The SMILES string of the molecule is CC(C)n1ncc(Br)c1C1CCSCC1. The second kappa shape index (κ2) is 4.91. The molecule has 15 heavy (non-hydrogen) atoms. The van der Waals surface area contributed by atoms with Crippen LogP contribution >= 0.6 is 27.7 Å². The number of aromatic nitrogens is 2. The highest BCUT2D eigenvalue weighted by atomic mass is 79.9. The number of hydrogen-bond acceptors (Lipinski definition) is 2. The van der Waals surface area contributed by atoms with Gasteiger partial charge in [-0.2, -0.15) is 16.9 Å². The Morgan fingerprint density at radius 3 is 2.73 bits per heavy atom. The molecule has 0 atom stereocenters. The molecule has 2 rings (SSSR count). The first-order chi connectivity index (χ1) is 7.20. The van der Waals surface area contributed by atoms with Crippen molar-refractivity contribution >= 4 is 27.7 Å². The molecule has 0 radical (unpaired) electrons. The van der Waals surface area contributed by atoms with Crippen molar-refractivity contribution in [2.75, 3.05) is 11.5 Å². The maximum absolute atomic E-state index is 4.45. The van der Waals surface area contributed by atoms with Gasteiger partial charge in [0.05, 0.1) is 16.4 Å². The molecule has 4 heteroatoms. The summed E-state index contributed by atoms with van der Waals surface area (Å²) in [6.07, 6.45) is 4.53. The third-order valence-electron chi connectivity index (χ3n) is 2.88. The Morgan fingerprint density at radius 2 is 2.13 bits per heavy atom. The van der Waals surface area contributed by atoms with Gasteiger partial charge in [-0.25, -0.2) is 0 Å². The maximum Gasteiger partial charge on any atom is 0.0635 e. The van der Waals surface area contributed by atoms with Gasteiger partial charge in [0.25, 0.3) is 0 Å². The van der Waals surface area contributed by atoms with Crippen LogP contribution in [0.2, 0.25) is 0 Å². The average molecular weight is 289 g/mol. The Kier molecular flexibility index (Phi) is 3.78. The van der Waals surface area contributed by atoms with Crippen LogP contribution in [0, 0.1) is 0 Å². The number of rotatable bonds is 2. The lowest BCUT2D eigenvalue weighted by Gasteiger charge is -2.24.